The Labute approximate surface area is 229 Å². The number of hydrogen-bond donors (Lipinski definition) is 0. The van der Waals surface area contributed by atoms with Gasteiger partial charge in [-0.1, -0.05) is 69.1 Å². The number of carbonyl (C=O) groups excluding carboxylic acids is 2. The molecule has 0 amide bonds. The molecule has 3 aliphatic rings. The van der Waals surface area contributed by atoms with E-state index in [1.54, 1.807) is 12.1 Å². The Kier molecular flexibility index (Phi) is 6.57. The molecule has 37 heavy (non-hydrogen) atoms. The first-order chi connectivity index (χ1) is 17.3. The van der Waals surface area contributed by atoms with Gasteiger partial charge in [0.15, 0.2) is 11.6 Å². The highest BCUT2D eigenvalue weighted by molar-refractivity contribution is 6.35. The van der Waals surface area contributed by atoms with Gasteiger partial charge in [-0.05, 0) is 53.5 Å². The summed E-state index contributed by atoms with van der Waals surface area (Å²) in [5.41, 5.74) is 5.28. The predicted molar refractivity (Wildman–Crippen MR) is 148 cm³/mol. The number of ketones is 2. The number of hydrogen-bond acceptors (Lipinski definition) is 4. The van der Waals surface area contributed by atoms with E-state index < -0.39 is 0 Å². The molecule has 0 aromatic heterocycles. The lowest BCUT2D eigenvalue weighted by molar-refractivity contribution is -0.119. The zero-order chi connectivity index (χ0) is 26.7. The van der Waals surface area contributed by atoms with E-state index in [-0.39, 0.29) is 28.3 Å². The number of rotatable bonds is 4. The minimum atomic E-state index is -0.340. The maximum absolute atomic E-state index is 13.6. The summed E-state index contributed by atoms with van der Waals surface area (Å²) in [6, 6.07) is 13.1. The van der Waals surface area contributed by atoms with Gasteiger partial charge in [0.1, 0.15) is 12.4 Å². The molecule has 0 spiro atoms. The third-order valence-corrected chi connectivity index (χ3v) is 8.39. The van der Waals surface area contributed by atoms with Crippen molar-refractivity contribution >= 4 is 34.8 Å². The minimum Gasteiger partial charge on any atom is -0.489 e. The van der Waals surface area contributed by atoms with Crippen LogP contribution in [0.25, 0.3) is 0 Å². The van der Waals surface area contributed by atoms with Gasteiger partial charge in [0.05, 0.1) is 0 Å². The summed E-state index contributed by atoms with van der Waals surface area (Å²) >= 11 is 12.3. The number of allylic oxidation sites excluding steroid dienone is 4. The zero-order valence-corrected chi connectivity index (χ0v) is 23.6. The molecule has 2 aromatic rings. The summed E-state index contributed by atoms with van der Waals surface area (Å²) in [6.45, 7) is 8.91. The third kappa shape index (κ3) is 4.98. The van der Waals surface area contributed by atoms with Gasteiger partial charge < -0.3 is 9.64 Å². The van der Waals surface area contributed by atoms with Gasteiger partial charge in [0.2, 0.25) is 0 Å². The molecular formula is C31H33Cl2NO3. The van der Waals surface area contributed by atoms with Crippen LogP contribution >= 0.6 is 23.2 Å². The summed E-state index contributed by atoms with van der Waals surface area (Å²) in [6.07, 6.45) is 2.61. The van der Waals surface area contributed by atoms with E-state index in [2.05, 4.69) is 32.6 Å². The van der Waals surface area contributed by atoms with E-state index in [9.17, 15) is 9.59 Å². The molecule has 0 saturated carbocycles. The zero-order valence-electron chi connectivity index (χ0n) is 22.1. The second kappa shape index (κ2) is 9.32. The first-order valence-electron chi connectivity index (χ1n) is 12.8. The van der Waals surface area contributed by atoms with Crippen LogP contribution in [0.3, 0.4) is 0 Å². The number of halogens is 2. The molecule has 4 nitrogen and oxygen atoms in total. The summed E-state index contributed by atoms with van der Waals surface area (Å²) in [5, 5.41) is 1.15. The smallest absolute Gasteiger partial charge is 0.162 e. The topological polar surface area (TPSA) is 46.6 Å². The number of benzene rings is 2. The lowest BCUT2D eigenvalue weighted by Crippen LogP contribution is -2.43. The average molecular weight is 539 g/mol. The van der Waals surface area contributed by atoms with Gasteiger partial charge in [-0.25, -0.2) is 0 Å². The Morgan fingerprint density at radius 2 is 1.38 bits per heavy atom. The summed E-state index contributed by atoms with van der Waals surface area (Å²) < 4.78 is 5.99. The summed E-state index contributed by atoms with van der Waals surface area (Å²) in [5.74, 6) is 0.640. The van der Waals surface area contributed by atoms with E-state index in [0.717, 1.165) is 46.5 Å². The third-order valence-electron chi connectivity index (χ3n) is 7.80. The van der Waals surface area contributed by atoms with Gasteiger partial charge in [0, 0.05) is 64.0 Å². The van der Waals surface area contributed by atoms with Crippen molar-refractivity contribution in [3.8, 4) is 5.75 Å². The van der Waals surface area contributed by atoms with Crippen LogP contribution in [0.1, 0.15) is 70.4 Å². The van der Waals surface area contributed by atoms with Crippen molar-refractivity contribution in [1.29, 1.82) is 0 Å². The van der Waals surface area contributed by atoms with Gasteiger partial charge in [-0.15, -0.1) is 0 Å². The van der Waals surface area contributed by atoms with Crippen LogP contribution in [-0.2, 0) is 16.2 Å². The van der Waals surface area contributed by atoms with Crippen molar-refractivity contribution in [2.24, 2.45) is 10.8 Å². The molecule has 0 saturated heterocycles. The van der Waals surface area contributed by atoms with Crippen LogP contribution in [0.5, 0.6) is 5.75 Å². The lowest BCUT2D eigenvalue weighted by atomic mass is 9.64. The van der Waals surface area contributed by atoms with E-state index in [0.29, 0.717) is 35.2 Å². The van der Waals surface area contributed by atoms with Crippen LogP contribution in [0, 0.1) is 10.8 Å². The number of carbonyl (C=O) groups is 2. The van der Waals surface area contributed by atoms with E-state index in [4.69, 9.17) is 27.9 Å². The van der Waals surface area contributed by atoms with Crippen LogP contribution in [0.4, 0.5) is 0 Å². The molecule has 6 heteroatoms. The molecule has 0 fully saturated rings. The highest BCUT2D eigenvalue weighted by Gasteiger charge is 2.48. The first-order valence-corrected chi connectivity index (χ1v) is 13.5. The van der Waals surface area contributed by atoms with Crippen LogP contribution in [0.2, 0.25) is 10.0 Å². The van der Waals surface area contributed by atoms with Crippen molar-refractivity contribution in [3.63, 3.8) is 0 Å². The molecule has 2 aliphatic carbocycles. The molecule has 0 bridgehead atoms. The highest BCUT2D eigenvalue weighted by atomic mass is 35.5. The molecule has 194 valence electrons. The van der Waals surface area contributed by atoms with Gasteiger partial charge in [-0.2, -0.15) is 0 Å². The van der Waals surface area contributed by atoms with Crippen molar-refractivity contribution in [2.75, 3.05) is 7.05 Å². The molecule has 1 aliphatic heterocycles. The second-order valence-electron chi connectivity index (χ2n) is 12.2. The first kappa shape index (κ1) is 26.1. The molecule has 2 aromatic carbocycles. The van der Waals surface area contributed by atoms with Crippen LogP contribution in [-0.4, -0.2) is 23.5 Å². The van der Waals surface area contributed by atoms with Gasteiger partial charge >= 0.3 is 0 Å². The molecule has 5 rings (SSSR count). The van der Waals surface area contributed by atoms with Crippen molar-refractivity contribution < 1.29 is 14.3 Å². The molecule has 0 unspecified atom stereocenters. The maximum atomic E-state index is 13.6. The minimum absolute atomic E-state index is 0.110. The Morgan fingerprint density at radius 3 is 1.89 bits per heavy atom. The van der Waals surface area contributed by atoms with E-state index >= 15 is 0 Å². The Hall–Kier alpha value is -2.56. The number of nitrogens with zero attached hydrogens (tertiary/aromatic N) is 1. The fourth-order valence-electron chi connectivity index (χ4n) is 6.05. The molecule has 0 N–H and O–H groups in total. The lowest BCUT2D eigenvalue weighted by Gasteiger charge is -2.47. The monoisotopic (exact) mass is 537 g/mol. The standard InChI is InChI=1S/C31H33Cl2NO3/c1-30(2)13-23-28(25(35)15-30)27(29-24(34(23)5)14-31(3,4)16-26(29)36)18-7-10-21(11-8-18)37-17-19-6-9-20(32)12-22(19)33/h6-12,27H,13-17H2,1-5H3. The Balaban J connectivity index is 1.51. The summed E-state index contributed by atoms with van der Waals surface area (Å²) in [4.78, 5) is 29.4. The van der Waals surface area contributed by atoms with Crippen molar-refractivity contribution in [3.05, 3.63) is 86.2 Å². The normalized spacial score (nSPS) is 21.2. The van der Waals surface area contributed by atoms with Crippen molar-refractivity contribution in [1.82, 2.24) is 4.90 Å². The van der Waals surface area contributed by atoms with E-state index in [1.807, 2.05) is 37.4 Å². The predicted octanol–water partition coefficient (Wildman–Crippen LogP) is 7.89. The quantitative estimate of drug-likeness (QED) is 0.397. The number of Topliss-reactive ketones (excluding diaryl/α,β-unsaturated/α-hetero) is 2. The van der Waals surface area contributed by atoms with Gasteiger partial charge in [-0.3, -0.25) is 9.59 Å². The van der Waals surface area contributed by atoms with Crippen molar-refractivity contribution in [2.45, 2.75) is 65.9 Å². The molecule has 0 atom stereocenters. The number of ether oxygens (including phenoxy) is 1. The largest absolute Gasteiger partial charge is 0.489 e. The SMILES string of the molecule is CN1C2=C(C(=O)CC(C)(C)C2)C(c2ccc(OCc3ccc(Cl)cc3Cl)cc2)C2=C1CC(C)(C)CC2=O. The molecular weight excluding hydrogens is 505 g/mol. The maximum Gasteiger partial charge on any atom is 0.162 e. The van der Waals surface area contributed by atoms with Gasteiger partial charge in [0.25, 0.3) is 0 Å². The fourth-order valence-corrected chi connectivity index (χ4v) is 6.52. The van der Waals surface area contributed by atoms with Crippen LogP contribution < -0.4 is 4.74 Å². The summed E-state index contributed by atoms with van der Waals surface area (Å²) in [7, 11) is 2.03. The van der Waals surface area contributed by atoms with E-state index in [1.165, 1.54) is 0 Å². The Bertz CT molecular complexity index is 1300. The van der Waals surface area contributed by atoms with Crippen LogP contribution in [0.15, 0.2) is 65.0 Å². The molecule has 1 heterocycles. The second-order valence-corrected chi connectivity index (χ2v) is 13.0. The average Bonchev–Trinajstić information content (AvgIpc) is 2.79. The Morgan fingerprint density at radius 1 is 0.838 bits per heavy atom. The fraction of sp³-hybridized carbons (Fsp3) is 0.419. The highest BCUT2D eigenvalue weighted by Crippen LogP contribution is 2.53. The molecule has 0 radical (unpaired) electrons.